The van der Waals surface area contributed by atoms with Crippen LogP contribution in [0.4, 0.5) is 0 Å². The van der Waals surface area contributed by atoms with Gasteiger partial charge in [-0.2, -0.15) is 10.2 Å². The number of Topliss-reactive ketones (excluding diaryl/α,β-unsaturated/α-hetero) is 1. The van der Waals surface area contributed by atoms with Crippen LogP contribution in [0.1, 0.15) is 25.8 Å². The summed E-state index contributed by atoms with van der Waals surface area (Å²) in [6.45, 7) is 6.53. The van der Waals surface area contributed by atoms with Crippen LogP contribution in [-0.2, 0) is 14.4 Å². The molecule has 1 aromatic rings. The Labute approximate surface area is 180 Å². The third-order valence-corrected chi connectivity index (χ3v) is 4.04. The van der Waals surface area contributed by atoms with Crippen LogP contribution in [0, 0.1) is 11.3 Å². The molecule has 1 heterocycles. The van der Waals surface area contributed by atoms with Crippen molar-refractivity contribution in [3.63, 3.8) is 0 Å². The molecule has 1 aromatic heterocycles. The third kappa shape index (κ3) is 6.61. The molecule has 0 atom stereocenters. The van der Waals surface area contributed by atoms with E-state index in [4.69, 9.17) is 9.47 Å². The molecule has 31 heavy (non-hydrogen) atoms. The van der Waals surface area contributed by atoms with E-state index < -0.39 is 11.9 Å². The topological polar surface area (TPSA) is 106 Å². The highest BCUT2D eigenvalue weighted by Crippen LogP contribution is 2.22. The highest BCUT2D eigenvalue weighted by atomic mass is 16.6. The molecular weight excluding hydrogens is 396 g/mol. The lowest BCUT2D eigenvalue weighted by atomic mass is 10.1. The van der Waals surface area contributed by atoms with Crippen molar-refractivity contribution in [2.45, 2.75) is 20.3 Å². The number of carbonyl (C=O) groups excluding carboxylic acids is 3. The Balaban J connectivity index is 2.19. The van der Waals surface area contributed by atoms with Crippen molar-refractivity contribution in [3.05, 3.63) is 89.6 Å². The van der Waals surface area contributed by atoms with Crippen LogP contribution in [-0.4, -0.2) is 22.7 Å². The molecule has 0 fully saturated rings. The van der Waals surface area contributed by atoms with Crippen molar-refractivity contribution in [2.24, 2.45) is 0 Å². The highest BCUT2D eigenvalue weighted by molar-refractivity contribution is 5.97. The normalized spacial score (nSPS) is 13.5. The first-order valence-corrected chi connectivity index (χ1v) is 9.25. The van der Waals surface area contributed by atoms with Crippen molar-refractivity contribution >= 4 is 17.7 Å². The van der Waals surface area contributed by atoms with Crippen molar-refractivity contribution < 1.29 is 23.9 Å². The average molecular weight is 416 g/mol. The lowest BCUT2D eigenvalue weighted by molar-refractivity contribution is -0.130. The summed E-state index contributed by atoms with van der Waals surface area (Å²) in [5.41, 5.74) is 1.06. The van der Waals surface area contributed by atoms with Gasteiger partial charge in [-0.15, -0.1) is 0 Å². The molecule has 0 spiro atoms. The number of hydrogen-bond donors (Lipinski definition) is 0. The molecule has 2 rings (SSSR count). The number of esters is 2. The zero-order valence-corrected chi connectivity index (χ0v) is 17.1. The maximum atomic E-state index is 12.5. The number of nitriles is 1. The summed E-state index contributed by atoms with van der Waals surface area (Å²) in [5.74, 6) is -1.91. The number of ketones is 1. The minimum Gasteiger partial charge on any atom is -0.404 e. The molecule has 0 aromatic carbocycles. The van der Waals surface area contributed by atoms with Gasteiger partial charge in [0, 0.05) is 22.8 Å². The van der Waals surface area contributed by atoms with Gasteiger partial charge >= 0.3 is 11.9 Å². The lowest BCUT2D eigenvalue weighted by Gasteiger charge is -2.09. The van der Waals surface area contributed by atoms with Crippen LogP contribution < -0.4 is 9.47 Å². The molecule has 0 N–H and O–H groups in total. The fourth-order valence-electron chi connectivity index (χ4n) is 2.35. The monoisotopic (exact) mass is 416 g/mol. The van der Waals surface area contributed by atoms with E-state index in [0.717, 1.165) is 0 Å². The van der Waals surface area contributed by atoms with Crippen LogP contribution in [0.5, 0.6) is 11.8 Å². The zero-order valence-electron chi connectivity index (χ0n) is 17.1. The first-order chi connectivity index (χ1) is 14.8. The van der Waals surface area contributed by atoms with E-state index in [-0.39, 0.29) is 35.1 Å². The second-order valence-electron chi connectivity index (χ2n) is 6.33. The van der Waals surface area contributed by atoms with E-state index in [2.05, 4.69) is 11.6 Å². The van der Waals surface area contributed by atoms with Crippen LogP contribution >= 0.6 is 0 Å². The average Bonchev–Trinajstić information content (AvgIpc) is 3.00. The van der Waals surface area contributed by atoms with Crippen LogP contribution in [0.3, 0.4) is 0 Å². The molecule has 0 radical (unpaired) electrons. The summed E-state index contributed by atoms with van der Waals surface area (Å²) >= 11 is 0. The number of hydrogen-bond acceptors (Lipinski definition) is 7. The summed E-state index contributed by atoms with van der Waals surface area (Å²) in [7, 11) is 0. The van der Waals surface area contributed by atoms with Crippen molar-refractivity contribution in [3.8, 4) is 17.8 Å². The van der Waals surface area contributed by atoms with Crippen molar-refractivity contribution in [1.82, 2.24) is 4.98 Å². The van der Waals surface area contributed by atoms with E-state index >= 15 is 0 Å². The predicted molar refractivity (Wildman–Crippen MR) is 114 cm³/mol. The first-order valence-electron chi connectivity index (χ1n) is 9.25. The molecule has 7 nitrogen and oxygen atoms in total. The van der Waals surface area contributed by atoms with E-state index in [1.54, 1.807) is 49.5 Å². The molecule has 7 heteroatoms. The zero-order chi connectivity index (χ0) is 22.8. The van der Waals surface area contributed by atoms with Crippen molar-refractivity contribution in [1.29, 1.82) is 5.26 Å². The first kappa shape index (κ1) is 23.0. The van der Waals surface area contributed by atoms with Crippen LogP contribution in [0.2, 0.25) is 0 Å². The number of allylic oxidation sites excluding steroid dienone is 9. The van der Waals surface area contributed by atoms with Gasteiger partial charge in [-0.25, -0.2) is 9.59 Å². The summed E-state index contributed by atoms with van der Waals surface area (Å²) < 4.78 is 10.5. The SMILES string of the molecule is C=C/C=C\C=C(/C)C(=O)Oc1ccc(C#N)c(OC(=O)C2=CC=CC(C(C)=O)=CC2)n1. The molecule has 0 saturated heterocycles. The van der Waals surface area contributed by atoms with Gasteiger partial charge in [0.05, 0.1) is 0 Å². The standard InChI is InChI=1S/C24H20N2O5/c1-4-5-6-8-16(2)23(28)30-21-14-13-20(15-25)22(26-21)31-24(29)19-10-7-9-18(11-12-19)17(3)27/h4-11,13-14H,1,12H2,2-3H3/b6-5-,16-8+. The van der Waals surface area contributed by atoms with E-state index in [0.29, 0.717) is 11.1 Å². The van der Waals surface area contributed by atoms with Gasteiger partial charge in [0.2, 0.25) is 11.8 Å². The van der Waals surface area contributed by atoms with E-state index in [1.165, 1.54) is 25.1 Å². The largest absolute Gasteiger partial charge is 0.404 e. The minimum absolute atomic E-state index is 0.000870. The van der Waals surface area contributed by atoms with Gasteiger partial charge in [-0.3, -0.25) is 4.79 Å². The Bertz CT molecular complexity index is 1110. The Hall–Kier alpha value is -4.31. The van der Waals surface area contributed by atoms with Crippen LogP contribution in [0.15, 0.2) is 84.0 Å². The maximum absolute atomic E-state index is 12.5. The fourth-order valence-corrected chi connectivity index (χ4v) is 2.35. The molecule has 0 bridgehead atoms. The second kappa shape index (κ2) is 11.0. The summed E-state index contributed by atoms with van der Waals surface area (Å²) in [4.78, 5) is 40.2. The fraction of sp³-hybridized carbons (Fsp3) is 0.125. The molecule has 1 aliphatic carbocycles. The number of ether oxygens (including phenoxy) is 2. The summed E-state index contributed by atoms with van der Waals surface area (Å²) in [5, 5.41) is 9.28. The molecule has 0 saturated carbocycles. The summed E-state index contributed by atoms with van der Waals surface area (Å²) in [6.07, 6.45) is 12.9. The van der Waals surface area contributed by atoms with Gasteiger partial charge in [0.1, 0.15) is 11.6 Å². The Morgan fingerprint density at radius 1 is 1.19 bits per heavy atom. The lowest BCUT2D eigenvalue weighted by Crippen LogP contribution is -2.14. The Morgan fingerprint density at radius 3 is 2.65 bits per heavy atom. The Kier molecular flexibility index (Phi) is 8.17. The molecule has 1 aliphatic rings. The van der Waals surface area contributed by atoms with E-state index in [9.17, 15) is 19.6 Å². The highest BCUT2D eigenvalue weighted by Gasteiger charge is 2.18. The predicted octanol–water partition coefficient (Wildman–Crippen LogP) is 3.85. The molecule has 0 unspecified atom stereocenters. The van der Waals surface area contributed by atoms with Gasteiger partial charge in [-0.1, -0.05) is 55.2 Å². The molecule has 156 valence electrons. The second-order valence-corrected chi connectivity index (χ2v) is 6.33. The minimum atomic E-state index is -0.733. The number of carbonyl (C=O) groups is 3. The van der Waals surface area contributed by atoms with Crippen LogP contribution in [0.25, 0.3) is 0 Å². The molecule has 0 amide bonds. The smallest absolute Gasteiger partial charge is 0.341 e. The van der Waals surface area contributed by atoms with Gasteiger partial charge in [-0.05, 0) is 26.3 Å². The molecular formula is C24H20N2O5. The quantitative estimate of drug-likeness (QED) is 0.377. The maximum Gasteiger partial charge on any atom is 0.341 e. The number of rotatable bonds is 7. The number of aromatic nitrogens is 1. The van der Waals surface area contributed by atoms with Gasteiger partial charge < -0.3 is 9.47 Å². The van der Waals surface area contributed by atoms with Gasteiger partial charge in [0.25, 0.3) is 0 Å². The summed E-state index contributed by atoms with van der Waals surface area (Å²) in [6, 6.07) is 4.54. The van der Waals surface area contributed by atoms with Gasteiger partial charge in [0.15, 0.2) is 5.78 Å². The van der Waals surface area contributed by atoms with E-state index in [1.807, 2.05) is 6.07 Å². The number of nitrogens with zero attached hydrogens (tertiary/aromatic N) is 2. The number of pyridine rings is 1. The molecule has 0 aliphatic heterocycles. The Morgan fingerprint density at radius 2 is 1.97 bits per heavy atom. The van der Waals surface area contributed by atoms with Crippen molar-refractivity contribution in [2.75, 3.05) is 0 Å². The third-order valence-electron chi connectivity index (χ3n) is 4.04.